The van der Waals surface area contributed by atoms with Crippen molar-refractivity contribution in [1.82, 2.24) is 25.7 Å². The van der Waals surface area contributed by atoms with Crippen LogP contribution in [0.15, 0.2) is 51.8 Å². The average molecular weight is 450 g/mol. The van der Waals surface area contributed by atoms with Crippen LogP contribution < -0.4 is 16.2 Å². The highest BCUT2D eigenvalue weighted by atomic mass is 19.1. The number of H-pyrrole nitrogens is 1. The van der Waals surface area contributed by atoms with Crippen LogP contribution >= 0.6 is 0 Å². The molecule has 9 nitrogen and oxygen atoms in total. The molecular formula is C23H23FN6O3. The number of carbonyl (C=O) groups excluding carboxylic acids is 1. The van der Waals surface area contributed by atoms with Crippen LogP contribution in [0.5, 0.6) is 0 Å². The lowest BCUT2D eigenvalue weighted by atomic mass is 10.1. The molecule has 3 N–H and O–H groups in total. The first kappa shape index (κ1) is 22.1. The zero-order valence-electron chi connectivity index (χ0n) is 18.0. The minimum absolute atomic E-state index is 0.135. The Bertz CT molecular complexity index is 1330. The number of rotatable bonds is 9. The average Bonchev–Trinajstić information content (AvgIpc) is 3.30. The van der Waals surface area contributed by atoms with Gasteiger partial charge in [-0.05, 0) is 31.0 Å². The quantitative estimate of drug-likeness (QED) is 0.335. The first-order valence-corrected chi connectivity index (χ1v) is 10.6. The number of nitrogens with zero attached hydrogens (tertiary/aromatic N) is 3. The van der Waals surface area contributed by atoms with Gasteiger partial charge in [0, 0.05) is 36.9 Å². The summed E-state index contributed by atoms with van der Waals surface area (Å²) in [7, 11) is 0. The van der Waals surface area contributed by atoms with Crippen molar-refractivity contribution in [2.24, 2.45) is 0 Å². The minimum Gasteiger partial charge on any atom is -0.368 e. The summed E-state index contributed by atoms with van der Waals surface area (Å²) in [5, 5.41) is 17.7. The van der Waals surface area contributed by atoms with Gasteiger partial charge in [-0.2, -0.15) is 10.1 Å². The first-order valence-electron chi connectivity index (χ1n) is 10.6. The van der Waals surface area contributed by atoms with Gasteiger partial charge in [-0.15, -0.1) is 0 Å². The van der Waals surface area contributed by atoms with Crippen LogP contribution in [0.1, 0.15) is 24.3 Å². The summed E-state index contributed by atoms with van der Waals surface area (Å²) in [6, 6.07) is 12.0. The van der Waals surface area contributed by atoms with Crippen LogP contribution in [0.25, 0.3) is 22.2 Å². The molecule has 0 aliphatic rings. The summed E-state index contributed by atoms with van der Waals surface area (Å²) in [4.78, 5) is 28.2. The number of aromatic amines is 1. The van der Waals surface area contributed by atoms with E-state index in [-0.39, 0.29) is 23.7 Å². The van der Waals surface area contributed by atoms with Crippen molar-refractivity contribution in [3.05, 3.63) is 70.1 Å². The number of nitrogens with one attached hydrogen (secondary N) is 3. The molecule has 0 fully saturated rings. The van der Waals surface area contributed by atoms with E-state index in [4.69, 9.17) is 4.52 Å². The van der Waals surface area contributed by atoms with Gasteiger partial charge in [-0.1, -0.05) is 35.5 Å². The Hall–Kier alpha value is -4.08. The number of halogens is 1. The topological polar surface area (TPSA) is 126 Å². The van der Waals surface area contributed by atoms with Gasteiger partial charge in [0.15, 0.2) is 5.82 Å². The summed E-state index contributed by atoms with van der Waals surface area (Å²) in [5.74, 6) is 0.732. The largest absolute Gasteiger partial charge is 0.368 e. The monoisotopic (exact) mass is 450 g/mol. The molecule has 2 heterocycles. The Morgan fingerprint density at radius 2 is 1.97 bits per heavy atom. The number of carbonyl (C=O) groups is 1. The van der Waals surface area contributed by atoms with E-state index in [1.807, 2.05) is 12.1 Å². The molecule has 10 heteroatoms. The Balaban J connectivity index is 1.19. The number of aromatic nitrogens is 4. The van der Waals surface area contributed by atoms with Gasteiger partial charge in [0.2, 0.25) is 17.6 Å². The molecule has 0 saturated heterocycles. The maximum Gasteiger partial charge on any atom is 0.272 e. The lowest BCUT2D eigenvalue weighted by Crippen LogP contribution is -2.26. The fourth-order valence-corrected chi connectivity index (χ4v) is 3.29. The van der Waals surface area contributed by atoms with Crippen molar-refractivity contribution in [1.29, 1.82) is 0 Å². The van der Waals surface area contributed by atoms with Gasteiger partial charge < -0.3 is 15.2 Å². The van der Waals surface area contributed by atoms with E-state index < -0.39 is 0 Å². The predicted molar refractivity (Wildman–Crippen MR) is 121 cm³/mol. The van der Waals surface area contributed by atoms with Gasteiger partial charge in [0.1, 0.15) is 5.82 Å². The molecule has 4 rings (SSSR count). The SMILES string of the molecule is Cc1ccc(-c2noc(CCC(=O)NCCCNc3n[nH]c(=O)c4ccccc34)n2)cc1F. The van der Waals surface area contributed by atoms with E-state index in [0.717, 1.165) is 5.39 Å². The van der Waals surface area contributed by atoms with Gasteiger partial charge in [0.05, 0.1) is 5.39 Å². The number of aryl methyl sites for hydroxylation is 2. The summed E-state index contributed by atoms with van der Waals surface area (Å²) in [6.07, 6.45) is 1.16. The van der Waals surface area contributed by atoms with Crippen LogP contribution in [0.2, 0.25) is 0 Å². The van der Waals surface area contributed by atoms with Crippen molar-refractivity contribution >= 4 is 22.5 Å². The molecule has 0 radical (unpaired) electrons. The maximum atomic E-state index is 13.7. The molecule has 2 aromatic carbocycles. The van der Waals surface area contributed by atoms with Gasteiger partial charge in [-0.25, -0.2) is 9.49 Å². The fraction of sp³-hybridized carbons (Fsp3) is 0.261. The van der Waals surface area contributed by atoms with Crippen LogP contribution in [0, 0.1) is 12.7 Å². The highest BCUT2D eigenvalue weighted by Crippen LogP contribution is 2.19. The van der Waals surface area contributed by atoms with Gasteiger partial charge >= 0.3 is 0 Å². The van der Waals surface area contributed by atoms with Gasteiger partial charge in [-0.3, -0.25) is 9.59 Å². The molecule has 0 aliphatic heterocycles. The second-order valence-electron chi connectivity index (χ2n) is 7.55. The van der Waals surface area contributed by atoms with Crippen molar-refractivity contribution in [3.63, 3.8) is 0 Å². The molecule has 33 heavy (non-hydrogen) atoms. The number of hydrogen-bond donors (Lipinski definition) is 3. The second-order valence-corrected chi connectivity index (χ2v) is 7.55. The molecule has 2 aromatic heterocycles. The summed E-state index contributed by atoms with van der Waals surface area (Å²) in [6.45, 7) is 2.73. The van der Waals surface area contributed by atoms with E-state index in [0.29, 0.717) is 60.0 Å². The number of fused-ring (bicyclic) bond motifs is 1. The maximum absolute atomic E-state index is 13.7. The predicted octanol–water partition coefficient (Wildman–Crippen LogP) is 2.97. The fourth-order valence-electron chi connectivity index (χ4n) is 3.29. The lowest BCUT2D eigenvalue weighted by Gasteiger charge is -2.08. The zero-order valence-corrected chi connectivity index (χ0v) is 18.0. The molecular weight excluding hydrogens is 427 g/mol. The molecule has 0 aliphatic carbocycles. The van der Waals surface area contributed by atoms with Crippen LogP contribution in [0.3, 0.4) is 0 Å². The first-order chi connectivity index (χ1) is 16.0. The normalized spacial score (nSPS) is 11.0. The highest BCUT2D eigenvalue weighted by molar-refractivity contribution is 5.90. The Morgan fingerprint density at radius 1 is 1.15 bits per heavy atom. The van der Waals surface area contributed by atoms with Crippen molar-refractivity contribution in [2.45, 2.75) is 26.2 Å². The van der Waals surface area contributed by atoms with Crippen molar-refractivity contribution in [2.75, 3.05) is 18.4 Å². The molecule has 0 atom stereocenters. The van der Waals surface area contributed by atoms with Crippen LogP contribution in [-0.2, 0) is 11.2 Å². The molecule has 0 saturated carbocycles. The number of hydrogen-bond acceptors (Lipinski definition) is 7. The summed E-state index contributed by atoms with van der Waals surface area (Å²) >= 11 is 0. The van der Waals surface area contributed by atoms with Crippen molar-refractivity contribution < 1.29 is 13.7 Å². The third-order valence-electron chi connectivity index (χ3n) is 5.13. The van der Waals surface area contributed by atoms with Gasteiger partial charge in [0.25, 0.3) is 5.56 Å². The summed E-state index contributed by atoms with van der Waals surface area (Å²) in [5.41, 5.74) is 0.829. The molecule has 0 spiro atoms. The number of benzene rings is 2. The summed E-state index contributed by atoms with van der Waals surface area (Å²) < 4.78 is 18.9. The Labute approximate surface area is 188 Å². The number of amides is 1. The smallest absolute Gasteiger partial charge is 0.272 e. The molecule has 0 unspecified atom stereocenters. The zero-order chi connectivity index (χ0) is 23.2. The third-order valence-corrected chi connectivity index (χ3v) is 5.13. The van der Waals surface area contributed by atoms with Crippen LogP contribution in [-0.4, -0.2) is 39.3 Å². The molecule has 170 valence electrons. The Kier molecular flexibility index (Phi) is 6.72. The van der Waals surface area contributed by atoms with E-state index in [9.17, 15) is 14.0 Å². The van der Waals surface area contributed by atoms with E-state index >= 15 is 0 Å². The van der Waals surface area contributed by atoms with E-state index in [2.05, 4.69) is 31.0 Å². The Morgan fingerprint density at radius 3 is 2.79 bits per heavy atom. The molecule has 4 aromatic rings. The highest BCUT2D eigenvalue weighted by Gasteiger charge is 2.12. The van der Waals surface area contributed by atoms with E-state index in [1.54, 1.807) is 31.2 Å². The molecule has 1 amide bonds. The minimum atomic E-state index is -0.336. The number of anilines is 1. The van der Waals surface area contributed by atoms with E-state index in [1.165, 1.54) is 6.07 Å². The standard InChI is InChI=1S/C23H23FN6O3/c1-14-7-8-15(13-18(14)24)21-27-20(33-30-21)10-9-19(31)25-11-4-12-26-22-16-5-2-3-6-17(16)23(32)29-28-22/h2-3,5-8,13H,4,9-12H2,1H3,(H,25,31)(H,26,28)(H,29,32). The van der Waals surface area contributed by atoms with Crippen LogP contribution in [0.4, 0.5) is 10.2 Å². The second kappa shape index (κ2) is 10.0. The van der Waals surface area contributed by atoms with Crippen molar-refractivity contribution in [3.8, 4) is 11.4 Å². The third kappa shape index (κ3) is 5.40. The lowest BCUT2D eigenvalue weighted by molar-refractivity contribution is -0.121. The molecule has 0 bridgehead atoms.